The predicted octanol–water partition coefficient (Wildman–Crippen LogP) is 5.83. The van der Waals surface area contributed by atoms with E-state index in [1.54, 1.807) is 7.11 Å². The molecule has 0 saturated heterocycles. The highest BCUT2D eigenvalue weighted by Gasteiger charge is 2.47. The van der Waals surface area contributed by atoms with Crippen LogP contribution in [-0.4, -0.2) is 18.6 Å². The van der Waals surface area contributed by atoms with Crippen molar-refractivity contribution in [1.82, 2.24) is 0 Å². The van der Waals surface area contributed by atoms with Crippen molar-refractivity contribution in [2.24, 2.45) is 0 Å². The molecule has 0 aliphatic carbocycles. The first-order valence-electron chi connectivity index (χ1n) is 10.0. The standard InChI is InChI=1S/C26H27NO2/c1-25(2)18-26(3,20-10-6-5-7-11-20)22-12-8-9-13-23(22)27(25)24(28)19-14-16-21(29-4)17-15-19/h5-17H,18H2,1-4H3. The van der Waals surface area contributed by atoms with Crippen molar-refractivity contribution in [2.45, 2.75) is 38.1 Å². The number of fused-ring (bicyclic) bond motifs is 1. The Labute approximate surface area is 172 Å². The van der Waals surface area contributed by atoms with Crippen LogP contribution in [0.2, 0.25) is 0 Å². The molecular weight excluding hydrogens is 358 g/mol. The summed E-state index contributed by atoms with van der Waals surface area (Å²) in [6, 6.07) is 26.3. The number of carbonyl (C=O) groups excluding carboxylic acids is 1. The van der Waals surface area contributed by atoms with Crippen LogP contribution >= 0.6 is 0 Å². The van der Waals surface area contributed by atoms with Crippen molar-refractivity contribution < 1.29 is 9.53 Å². The van der Waals surface area contributed by atoms with E-state index in [0.717, 1.165) is 17.9 Å². The lowest BCUT2D eigenvalue weighted by Crippen LogP contribution is -2.55. The maximum Gasteiger partial charge on any atom is 0.258 e. The molecule has 3 aromatic carbocycles. The lowest BCUT2D eigenvalue weighted by Gasteiger charge is -2.51. The molecule has 1 aliphatic heterocycles. The van der Waals surface area contributed by atoms with Crippen LogP contribution in [0.15, 0.2) is 78.9 Å². The number of benzene rings is 3. The minimum Gasteiger partial charge on any atom is -0.497 e. The van der Waals surface area contributed by atoms with Crippen LogP contribution in [0.25, 0.3) is 0 Å². The quantitative estimate of drug-likeness (QED) is 0.568. The largest absolute Gasteiger partial charge is 0.497 e. The van der Waals surface area contributed by atoms with Crippen LogP contribution in [0.1, 0.15) is 48.7 Å². The second kappa shape index (κ2) is 7.07. The summed E-state index contributed by atoms with van der Waals surface area (Å²) in [5, 5.41) is 0. The van der Waals surface area contributed by atoms with E-state index in [2.05, 4.69) is 63.2 Å². The number of para-hydroxylation sites is 1. The van der Waals surface area contributed by atoms with Crippen LogP contribution in [0, 0.1) is 0 Å². The Morgan fingerprint density at radius 1 is 0.862 bits per heavy atom. The number of amides is 1. The van der Waals surface area contributed by atoms with E-state index < -0.39 is 0 Å². The van der Waals surface area contributed by atoms with Gasteiger partial charge in [0.2, 0.25) is 0 Å². The summed E-state index contributed by atoms with van der Waals surface area (Å²) in [4.78, 5) is 15.6. The van der Waals surface area contributed by atoms with Crippen molar-refractivity contribution in [2.75, 3.05) is 12.0 Å². The van der Waals surface area contributed by atoms with Crippen LogP contribution in [-0.2, 0) is 5.41 Å². The van der Waals surface area contributed by atoms with Gasteiger partial charge in [-0.15, -0.1) is 0 Å². The maximum absolute atomic E-state index is 13.6. The lowest BCUT2D eigenvalue weighted by atomic mass is 9.65. The maximum atomic E-state index is 13.6. The third-order valence-electron chi connectivity index (χ3n) is 6.08. The fourth-order valence-electron chi connectivity index (χ4n) is 4.81. The summed E-state index contributed by atoms with van der Waals surface area (Å²) >= 11 is 0. The van der Waals surface area contributed by atoms with Crippen molar-refractivity contribution >= 4 is 11.6 Å². The van der Waals surface area contributed by atoms with Crippen LogP contribution in [0.5, 0.6) is 5.75 Å². The Kier molecular flexibility index (Phi) is 4.70. The van der Waals surface area contributed by atoms with E-state index in [0.29, 0.717) is 5.56 Å². The van der Waals surface area contributed by atoms with E-state index in [9.17, 15) is 4.79 Å². The van der Waals surface area contributed by atoms with Gasteiger partial charge in [0.15, 0.2) is 0 Å². The van der Waals surface area contributed by atoms with E-state index in [1.807, 2.05) is 41.3 Å². The summed E-state index contributed by atoms with van der Waals surface area (Å²) in [6.45, 7) is 6.61. The number of hydrogen-bond donors (Lipinski definition) is 0. The Morgan fingerprint density at radius 3 is 2.14 bits per heavy atom. The molecule has 1 aliphatic rings. The monoisotopic (exact) mass is 385 g/mol. The first kappa shape index (κ1) is 19.3. The first-order valence-corrected chi connectivity index (χ1v) is 10.0. The Bertz CT molecular complexity index is 1020. The summed E-state index contributed by atoms with van der Waals surface area (Å²) in [5.41, 5.74) is 3.59. The number of hydrogen-bond acceptors (Lipinski definition) is 2. The number of ether oxygens (including phenoxy) is 1. The van der Waals surface area contributed by atoms with E-state index >= 15 is 0 Å². The SMILES string of the molecule is COc1ccc(C(=O)N2c3ccccc3C(C)(c3ccccc3)CC2(C)C)cc1. The van der Waals surface area contributed by atoms with Gasteiger partial charge in [-0.2, -0.15) is 0 Å². The number of methoxy groups -OCH3 is 1. The molecule has 1 heterocycles. The fraction of sp³-hybridized carbons (Fsp3) is 0.269. The van der Waals surface area contributed by atoms with Crippen molar-refractivity contribution in [3.8, 4) is 5.75 Å². The molecule has 1 atom stereocenters. The summed E-state index contributed by atoms with van der Waals surface area (Å²) in [5.74, 6) is 0.761. The van der Waals surface area contributed by atoms with Gasteiger partial charge in [-0.3, -0.25) is 4.79 Å². The normalized spacial score (nSPS) is 20.1. The lowest BCUT2D eigenvalue weighted by molar-refractivity contribution is 0.0948. The second-order valence-corrected chi connectivity index (χ2v) is 8.57. The van der Waals surface area contributed by atoms with Gasteiger partial charge in [-0.1, -0.05) is 55.5 Å². The molecule has 148 valence electrons. The molecule has 0 saturated carbocycles. The molecular formula is C26H27NO2. The Hall–Kier alpha value is -3.07. The Balaban J connectivity index is 1.84. The molecule has 3 heteroatoms. The van der Waals surface area contributed by atoms with Gasteiger partial charge in [0.05, 0.1) is 7.11 Å². The predicted molar refractivity (Wildman–Crippen MR) is 118 cm³/mol. The molecule has 0 spiro atoms. The highest BCUT2D eigenvalue weighted by Crippen LogP contribution is 2.50. The number of carbonyl (C=O) groups is 1. The average molecular weight is 386 g/mol. The molecule has 0 aromatic heterocycles. The summed E-state index contributed by atoms with van der Waals surface area (Å²) < 4.78 is 5.24. The molecule has 0 fully saturated rings. The van der Waals surface area contributed by atoms with Crippen molar-refractivity contribution in [3.63, 3.8) is 0 Å². The van der Waals surface area contributed by atoms with Gasteiger partial charge >= 0.3 is 0 Å². The third kappa shape index (κ3) is 3.21. The topological polar surface area (TPSA) is 29.5 Å². The summed E-state index contributed by atoms with van der Waals surface area (Å²) in [7, 11) is 1.63. The molecule has 3 nitrogen and oxygen atoms in total. The van der Waals surface area contributed by atoms with Crippen molar-refractivity contribution in [1.29, 1.82) is 0 Å². The molecule has 0 bridgehead atoms. The third-order valence-corrected chi connectivity index (χ3v) is 6.08. The zero-order valence-electron chi connectivity index (χ0n) is 17.5. The van der Waals surface area contributed by atoms with Crippen LogP contribution in [0.3, 0.4) is 0 Å². The molecule has 3 aromatic rings. The summed E-state index contributed by atoms with van der Waals surface area (Å²) in [6.07, 6.45) is 0.836. The number of nitrogens with zero attached hydrogens (tertiary/aromatic N) is 1. The second-order valence-electron chi connectivity index (χ2n) is 8.57. The zero-order valence-corrected chi connectivity index (χ0v) is 17.5. The van der Waals surface area contributed by atoms with Gasteiger partial charge in [0.1, 0.15) is 5.75 Å². The van der Waals surface area contributed by atoms with Crippen molar-refractivity contribution in [3.05, 3.63) is 95.6 Å². The number of rotatable bonds is 3. The highest BCUT2D eigenvalue weighted by molar-refractivity contribution is 6.08. The minimum absolute atomic E-state index is 0.0141. The van der Waals surface area contributed by atoms with Gasteiger partial charge in [0.25, 0.3) is 5.91 Å². The van der Waals surface area contributed by atoms with Gasteiger partial charge < -0.3 is 9.64 Å². The average Bonchev–Trinajstić information content (AvgIpc) is 2.74. The van der Waals surface area contributed by atoms with E-state index in [1.165, 1.54) is 11.1 Å². The van der Waals surface area contributed by atoms with Gasteiger partial charge in [0, 0.05) is 22.2 Å². The highest BCUT2D eigenvalue weighted by atomic mass is 16.5. The number of anilines is 1. The Morgan fingerprint density at radius 2 is 1.48 bits per heavy atom. The molecule has 1 amide bonds. The molecule has 4 rings (SSSR count). The fourth-order valence-corrected chi connectivity index (χ4v) is 4.81. The minimum atomic E-state index is -0.351. The van der Waals surface area contributed by atoms with E-state index in [4.69, 9.17) is 4.74 Å². The van der Waals surface area contributed by atoms with Crippen LogP contribution in [0.4, 0.5) is 5.69 Å². The van der Waals surface area contributed by atoms with Crippen LogP contribution < -0.4 is 9.64 Å². The molecule has 1 unspecified atom stereocenters. The smallest absolute Gasteiger partial charge is 0.258 e. The van der Waals surface area contributed by atoms with Gasteiger partial charge in [-0.05, 0) is 61.7 Å². The molecule has 0 radical (unpaired) electrons. The van der Waals surface area contributed by atoms with Gasteiger partial charge in [-0.25, -0.2) is 0 Å². The molecule has 0 N–H and O–H groups in total. The van der Waals surface area contributed by atoms with E-state index in [-0.39, 0.29) is 16.9 Å². The zero-order chi connectivity index (χ0) is 20.6. The molecule has 29 heavy (non-hydrogen) atoms. The first-order chi connectivity index (χ1) is 13.9.